The van der Waals surface area contributed by atoms with E-state index in [1.165, 1.54) is 37.1 Å². The Labute approximate surface area is 188 Å². The van der Waals surface area contributed by atoms with Crippen molar-refractivity contribution in [3.05, 3.63) is 59.4 Å². The van der Waals surface area contributed by atoms with Crippen molar-refractivity contribution in [2.75, 3.05) is 32.4 Å². The van der Waals surface area contributed by atoms with Gasteiger partial charge in [-0.1, -0.05) is 12.1 Å². The Kier molecular flexibility index (Phi) is 6.81. The molecule has 0 aromatic heterocycles. The van der Waals surface area contributed by atoms with Gasteiger partial charge in [0.1, 0.15) is 6.61 Å². The lowest BCUT2D eigenvalue weighted by atomic mass is 10.1. The minimum Gasteiger partial charge on any atom is -0.486 e. The summed E-state index contributed by atoms with van der Waals surface area (Å²) in [5.41, 5.74) is 1.06. The van der Waals surface area contributed by atoms with Crippen molar-refractivity contribution in [1.29, 1.82) is 0 Å². The molecule has 2 aliphatic heterocycles. The number of likely N-dealkylation sites (tertiary alicyclic amines) is 2. The summed E-state index contributed by atoms with van der Waals surface area (Å²) in [6.45, 7) is 3.89. The number of amides is 1. The number of sulfone groups is 1. The summed E-state index contributed by atoms with van der Waals surface area (Å²) in [7, 11) is -3.26. The fraction of sp³-hybridized carbons (Fsp3) is 0.458. The van der Waals surface area contributed by atoms with Gasteiger partial charge in [-0.2, -0.15) is 0 Å². The van der Waals surface area contributed by atoms with Gasteiger partial charge in [0.2, 0.25) is 0 Å². The summed E-state index contributed by atoms with van der Waals surface area (Å²) < 4.78 is 43.3. The molecule has 32 heavy (non-hydrogen) atoms. The van der Waals surface area contributed by atoms with Gasteiger partial charge >= 0.3 is 0 Å². The van der Waals surface area contributed by atoms with Crippen molar-refractivity contribution in [2.24, 2.45) is 0 Å². The molecular formula is C24H29FN2O4S. The van der Waals surface area contributed by atoms with Gasteiger partial charge in [0.25, 0.3) is 5.91 Å². The molecule has 2 aliphatic rings. The van der Waals surface area contributed by atoms with Crippen LogP contribution in [0.15, 0.2) is 47.4 Å². The Morgan fingerprint density at radius 2 is 1.78 bits per heavy atom. The van der Waals surface area contributed by atoms with E-state index in [1.54, 1.807) is 18.2 Å². The summed E-state index contributed by atoms with van der Waals surface area (Å²) in [5.74, 6) is -0.656. The molecule has 2 aromatic rings. The zero-order chi connectivity index (χ0) is 22.7. The average molecular weight is 461 g/mol. The first kappa shape index (κ1) is 22.7. The largest absolute Gasteiger partial charge is 0.486 e. The molecular weight excluding hydrogens is 431 g/mol. The van der Waals surface area contributed by atoms with Crippen LogP contribution in [0.1, 0.15) is 41.6 Å². The van der Waals surface area contributed by atoms with Crippen LogP contribution < -0.4 is 4.74 Å². The van der Waals surface area contributed by atoms with Gasteiger partial charge in [-0.05, 0) is 74.7 Å². The highest BCUT2D eigenvalue weighted by Gasteiger charge is 2.31. The molecule has 0 spiro atoms. The van der Waals surface area contributed by atoms with E-state index in [4.69, 9.17) is 4.74 Å². The van der Waals surface area contributed by atoms with Gasteiger partial charge in [0.05, 0.1) is 4.90 Å². The van der Waals surface area contributed by atoms with Crippen LogP contribution in [0.5, 0.6) is 5.75 Å². The number of ether oxygens (including phenoxy) is 1. The molecule has 172 valence electrons. The minimum atomic E-state index is -3.26. The molecule has 6 nitrogen and oxygen atoms in total. The standard InChI is InChI=1S/C24H29FN2O4S/c1-32(29,30)21-9-6-18(7-10-21)17-31-23-11-8-19(15-22(23)25)24(28)27-14-4-5-20(27)16-26-12-2-3-13-26/h6-11,15,20H,2-5,12-14,16-17H2,1H3. The van der Waals surface area contributed by atoms with Crippen LogP contribution in [-0.2, 0) is 16.4 Å². The smallest absolute Gasteiger partial charge is 0.254 e. The first-order chi connectivity index (χ1) is 15.3. The lowest BCUT2D eigenvalue weighted by molar-refractivity contribution is 0.0708. The minimum absolute atomic E-state index is 0.0591. The highest BCUT2D eigenvalue weighted by atomic mass is 32.2. The van der Waals surface area contributed by atoms with Crippen LogP contribution in [-0.4, -0.2) is 62.6 Å². The SMILES string of the molecule is CS(=O)(=O)c1ccc(COc2ccc(C(=O)N3CCCC3CN3CCCC3)cc2F)cc1. The Bertz CT molecular complexity index is 1070. The van der Waals surface area contributed by atoms with E-state index in [1.807, 2.05) is 4.90 Å². The number of halogens is 1. The number of carbonyl (C=O) groups excluding carboxylic acids is 1. The second-order valence-corrected chi connectivity index (χ2v) is 10.7. The van der Waals surface area contributed by atoms with Gasteiger partial charge in [0, 0.05) is 31.0 Å². The van der Waals surface area contributed by atoms with Crippen molar-refractivity contribution in [1.82, 2.24) is 9.80 Å². The zero-order valence-electron chi connectivity index (χ0n) is 18.3. The van der Waals surface area contributed by atoms with E-state index in [0.29, 0.717) is 12.1 Å². The fourth-order valence-corrected chi connectivity index (χ4v) is 5.10. The first-order valence-electron chi connectivity index (χ1n) is 11.1. The molecule has 2 saturated heterocycles. The Morgan fingerprint density at radius 1 is 1.06 bits per heavy atom. The number of carbonyl (C=O) groups is 1. The van der Waals surface area contributed by atoms with Crippen molar-refractivity contribution < 1.29 is 22.3 Å². The Morgan fingerprint density at radius 3 is 2.44 bits per heavy atom. The zero-order valence-corrected chi connectivity index (χ0v) is 19.1. The molecule has 2 aromatic carbocycles. The number of nitrogens with zero attached hydrogens (tertiary/aromatic N) is 2. The molecule has 0 radical (unpaired) electrons. The molecule has 0 saturated carbocycles. The number of benzene rings is 2. The number of hydrogen-bond acceptors (Lipinski definition) is 5. The van der Waals surface area contributed by atoms with Gasteiger partial charge < -0.3 is 14.5 Å². The highest BCUT2D eigenvalue weighted by Crippen LogP contribution is 2.25. The molecule has 2 heterocycles. The number of rotatable bonds is 7. The monoisotopic (exact) mass is 460 g/mol. The van der Waals surface area contributed by atoms with E-state index in [9.17, 15) is 17.6 Å². The lowest BCUT2D eigenvalue weighted by Gasteiger charge is -2.28. The van der Waals surface area contributed by atoms with Crippen molar-refractivity contribution >= 4 is 15.7 Å². The summed E-state index contributed by atoms with van der Waals surface area (Å²) in [4.78, 5) is 17.6. The van der Waals surface area contributed by atoms with Crippen LogP contribution in [0.2, 0.25) is 0 Å². The molecule has 0 N–H and O–H groups in total. The topological polar surface area (TPSA) is 66.9 Å². The fourth-order valence-electron chi connectivity index (χ4n) is 4.47. The molecule has 1 atom stereocenters. The summed E-state index contributed by atoms with van der Waals surface area (Å²) in [6.07, 6.45) is 5.55. The quantitative estimate of drug-likeness (QED) is 0.633. The van der Waals surface area contributed by atoms with E-state index in [2.05, 4.69) is 4.90 Å². The third-order valence-electron chi connectivity index (χ3n) is 6.23. The third kappa shape index (κ3) is 5.30. The van der Waals surface area contributed by atoms with Crippen molar-refractivity contribution in [3.63, 3.8) is 0 Å². The van der Waals surface area contributed by atoms with Crippen LogP contribution in [0.25, 0.3) is 0 Å². The normalized spacial score (nSPS) is 19.4. The van der Waals surface area contributed by atoms with Crippen LogP contribution >= 0.6 is 0 Å². The average Bonchev–Trinajstić information content (AvgIpc) is 3.44. The number of hydrogen-bond donors (Lipinski definition) is 0. The summed E-state index contributed by atoms with van der Waals surface area (Å²) in [5, 5.41) is 0. The maximum Gasteiger partial charge on any atom is 0.254 e. The molecule has 0 aliphatic carbocycles. The van der Waals surface area contributed by atoms with E-state index in [0.717, 1.165) is 44.3 Å². The maximum absolute atomic E-state index is 14.7. The lowest BCUT2D eigenvalue weighted by Crippen LogP contribution is -2.42. The van der Waals surface area contributed by atoms with E-state index in [-0.39, 0.29) is 29.2 Å². The predicted octanol–water partition coefficient (Wildman–Crippen LogP) is 3.51. The van der Waals surface area contributed by atoms with Crippen molar-refractivity contribution in [2.45, 2.75) is 43.2 Å². The second kappa shape index (κ2) is 9.58. The highest BCUT2D eigenvalue weighted by molar-refractivity contribution is 7.90. The molecule has 2 fully saturated rings. The van der Waals surface area contributed by atoms with Crippen LogP contribution in [0.4, 0.5) is 4.39 Å². The van der Waals surface area contributed by atoms with Gasteiger partial charge in [0.15, 0.2) is 21.4 Å². The Balaban J connectivity index is 1.38. The molecule has 8 heteroatoms. The van der Waals surface area contributed by atoms with Crippen LogP contribution in [0.3, 0.4) is 0 Å². The van der Waals surface area contributed by atoms with E-state index >= 15 is 0 Å². The molecule has 1 unspecified atom stereocenters. The summed E-state index contributed by atoms with van der Waals surface area (Å²) in [6, 6.07) is 10.8. The third-order valence-corrected chi connectivity index (χ3v) is 7.36. The molecule has 0 bridgehead atoms. The van der Waals surface area contributed by atoms with Gasteiger partial charge in [-0.3, -0.25) is 4.79 Å². The molecule has 4 rings (SSSR count). The maximum atomic E-state index is 14.7. The second-order valence-electron chi connectivity index (χ2n) is 8.65. The van der Waals surface area contributed by atoms with Crippen LogP contribution in [0, 0.1) is 5.82 Å². The summed E-state index contributed by atoms with van der Waals surface area (Å²) >= 11 is 0. The predicted molar refractivity (Wildman–Crippen MR) is 120 cm³/mol. The van der Waals surface area contributed by atoms with E-state index < -0.39 is 15.7 Å². The Hall–Kier alpha value is -2.45. The molecule has 1 amide bonds. The first-order valence-corrected chi connectivity index (χ1v) is 12.9. The van der Waals surface area contributed by atoms with Crippen molar-refractivity contribution in [3.8, 4) is 5.75 Å². The van der Waals surface area contributed by atoms with Gasteiger partial charge in [-0.15, -0.1) is 0 Å². The van der Waals surface area contributed by atoms with Gasteiger partial charge in [-0.25, -0.2) is 12.8 Å².